The molecule has 1 N–H and O–H groups in total. The van der Waals surface area contributed by atoms with E-state index in [9.17, 15) is 9.59 Å². The third-order valence-electron chi connectivity index (χ3n) is 4.12. The van der Waals surface area contributed by atoms with Gasteiger partial charge in [0.1, 0.15) is 4.88 Å². The number of thiophene rings is 1. The zero-order chi connectivity index (χ0) is 20.8. The van der Waals surface area contributed by atoms with E-state index in [-0.39, 0.29) is 5.91 Å². The van der Waals surface area contributed by atoms with E-state index in [1.807, 2.05) is 26.0 Å². The van der Waals surface area contributed by atoms with Gasteiger partial charge in [-0.2, -0.15) is 5.10 Å². The van der Waals surface area contributed by atoms with Gasteiger partial charge in [-0.05, 0) is 60.7 Å². The molecule has 0 aliphatic carbocycles. The van der Waals surface area contributed by atoms with Crippen molar-refractivity contribution in [1.29, 1.82) is 0 Å². The number of benzene rings is 2. The molecule has 0 fully saturated rings. The third kappa shape index (κ3) is 5.08. The minimum absolute atomic E-state index is 0.285. The number of nitrogens with one attached hydrogen (secondary N) is 1. The summed E-state index contributed by atoms with van der Waals surface area (Å²) in [6.45, 7) is 3.86. The maximum atomic E-state index is 12.3. The molecule has 3 rings (SSSR count). The average Bonchev–Trinajstić information content (AvgIpc) is 3.23. The van der Waals surface area contributed by atoms with Gasteiger partial charge in [0.2, 0.25) is 0 Å². The molecule has 1 aromatic heterocycles. The Kier molecular flexibility index (Phi) is 6.41. The summed E-state index contributed by atoms with van der Waals surface area (Å²) in [4.78, 5) is 24.9. The van der Waals surface area contributed by atoms with Crippen LogP contribution in [-0.4, -0.2) is 25.2 Å². The summed E-state index contributed by atoms with van der Waals surface area (Å²) in [6, 6.07) is 14.1. The van der Waals surface area contributed by atoms with Crippen molar-refractivity contribution in [3.05, 3.63) is 81.0 Å². The maximum absolute atomic E-state index is 12.3. The highest BCUT2D eigenvalue weighted by Crippen LogP contribution is 2.28. The van der Waals surface area contributed by atoms with Crippen LogP contribution in [0.1, 0.15) is 36.7 Å². The summed E-state index contributed by atoms with van der Waals surface area (Å²) < 4.78 is 10.7. The third-order valence-corrected chi connectivity index (χ3v) is 4.97. The number of rotatable bonds is 6. The average molecular weight is 408 g/mol. The highest BCUT2D eigenvalue weighted by molar-refractivity contribution is 7.12. The number of methoxy groups -OCH3 is 1. The van der Waals surface area contributed by atoms with Crippen LogP contribution in [0.3, 0.4) is 0 Å². The second-order valence-electron chi connectivity index (χ2n) is 6.29. The van der Waals surface area contributed by atoms with Crippen molar-refractivity contribution < 1.29 is 19.1 Å². The standard InChI is InChI=1S/C22H20N2O4S/c1-14-6-8-17(15(2)11-14)21(25)24-23-13-16-7-9-18(19(12-16)27-3)28-22(26)20-5-4-10-29-20/h4-13H,1-3H3,(H,24,25)/b23-13-. The number of carbonyl (C=O) groups excluding carboxylic acids is 2. The first-order valence-electron chi connectivity index (χ1n) is 8.82. The topological polar surface area (TPSA) is 77.0 Å². The predicted molar refractivity (Wildman–Crippen MR) is 113 cm³/mol. The van der Waals surface area contributed by atoms with Gasteiger partial charge in [-0.1, -0.05) is 23.8 Å². The minimum Gasteiger partial charge on any atom is -0.493 e. The lowest BCUT2D eigenvalue weighted by Crippen LogP contribution is -2.18. The second-order valence-corrected chi connectivity index (χ2v) is 7.24. The lowest BCUT2D eigenvalue weighted by atomic mass is 10.1. The Morgan fingerprint density at radius 3 is 2.59 bits per heavy atom. The molecule has 0 spiro atoms. The van der Waals surface area contributed by atoms with Gasteiger partial charge in [0, 0.05) is 5.56 Å². The molecule has 0 aliphatic heterocycles. The Balaban J connectivity index is 1.68. The lowest BCUT2D eigenvalue weighted by molar-refractivity contribution is 0.0734. The Hall–Kier alpha value is -3.45. The zero-order valence-corrected chi connectivity index (χ0v) is 17.1. The monoisotopic (exact) mass is 408 g/mol. The number of hydrazone groups is 1. The van der Waals surface area contributed by atoms with Gasteiger partial charge in [0.05, 0.1) is 13.3 Å². The molecule has 0 bridgehead atoms. The van der Waals surface area contributed by atoms with Gasteiger partial charge in [0.15, 0.2) is 11.5 Å². The summed E-state index contributed by atoms with van der Waals surface area (Å²) in [5, 5.41) is 5.81. The van der Waals surface area contributed by atoms with Crippen LogP contribution >= 0.6 is 11.3 Å². The van der Waals surface area contributed by atoms with E-state index in [0.29, 0.717) is 27.5 Å². The predicted octanol–water partition coefficient (Wildman–Crippen LogP) is 4.36. The summed E-state index contributed by atoms with van der Waals surface area (Å²) >= 11 is 1.30. The number of hydrogen-bond donors (Lipinski definition) is 1. The van der Waals surface area contributed by atoms with Gasteiger partial charge in [-0.25, -0.2) is 10.2 Å². The number of aryl methyl sites for hydroxylation is 2. The number of nitrogens with zero attached hydrogens (tertiary/aromatic N) is 1. The van der Waals surface area contributed by atoms with Gasteiger partial charge >= 0.3 is 5.97 Å². The van der Waals surface area contributed by atoms with Crippen LogP contribution in [0.4, 0.5) is 0 Å². The normalized spacial score (nSPS) is 10.7. The van der Waals surface area contributed by atoms with Crippen molar-refractivity contribution >= 4 is 29.4 Å². The van der Waals surface area contributed by atoms with Crippen LogP contribution in [-0.2, 0) is 0 Å². The lowest BCUT2D eigenvalue weighted by Gasteiger charge is -2.09. The Bertz CT molecular complexity index is 1060. The van der Waals surface area contributed by atoms with E-state index in [1.54, 1.807) is 41.8 Å². The first kappa shape index (κ1) is 20.3. The quantitative estimate of drug-likeness (QED) is 0.285. The van der Waals surface area contributed by atoms with Crippen LogP contribution in [0.5, 0.6) is 11.5 Å². The van der Waals surface area contributed by atoms with Crippen LogP contribution in [0.25, 0.3) is 0 Å². The molecule has 1 amide bonds. The molecular weight excluding hydrogens is 388 g/mol. The Labute approximate surface area is 172 Å². The molecule has 0 saturated carbocycles. The van der Waals surface area contributed by atoms with Gasteiger partial charge in [0.25, 0.3) is 5.91 Å². The Morgan fingerprint density at radius 1 is 1.07 bits per heavy atom. The fourth-order valence-corrected chi connectivity index (χ4v) is 3.29. The molecular formula is C22H20N2O4S. The molecule has 1 heterocycles. The number of hydrogen-bond acceptors (Lipinski definition) is 6. The summed E-state index contributed by atoms with van der Waals surface area (Å²) in [5.41, 5.74) is 5.74. The number of esters is 1. The molecule has 148 valence electrons. The SMILES string of the molecule is COc1cc(/C=N\NC(=O)c2ccc(C)cc2C)ccc1OC(=O)c1cccs1. The maximum Gasteiger partial charge on any atom is 0.353 e. The van der Waals surface area contributed by atoms with Gasteiger partial charge in [-0.15, -0.1) is 11.3 Å². The number of ether oxygens (including phenoxy) is 2. The molecule has 0 atom stereocenters. The van der Waals surface area contributed by atoms with Crippen LogP contribution in [0.15, 0.2) is 59.0 Å². The second kappa shape index (κ2) is 9.16. The largest absolute Gasteiger partial charge is 0.493 e. The van der Waals surface area contributed by atoms with E-state index in [0.717, 1.165) is 11.1 Å². The van der Waals surface area contributed by atoms with E-state index < -0.39 is 5.97 Å². The highest BCUT2D eigenvalue weighted by Gasteiger charge is 2.13. The minimum atomic E-state index is -0.444. The summed E-state index contributed by atoms with van der Waals surface area (Å²) in [5.74, 6) is -0.0328. The molecule has 0 unspecified atom stereocenters. The zero-order valence-electron chi connectivity index (χ0n) is 16.3. The van der Waals surface area contributed by atoms with Gasteiger partial charge in [-0.3, -0.25) is 4.79 Å². The smallest absolute Gasteiger partial charge is 0.353 e. The summed E-state index contributed by atoms with van der Waals surface area (Å²) in [7, 11) is 1.49. The van der Waals surface area contributed by atoms with Crippen molar-refractivity contribution in [2.24, 2.45) is 5.10 Å². The molecule has 29 heavy (non-hydrogen) atoms. The molecule has 6 nitrogen and oxygen atoms in total. The van der Waals surface area contributed by atoms with Crippen molar-refractivity contribution in [3.63, 3.8) is 0 Å². The molecule has 0 aliphatic rings. The Morgan fingerprint density at radius 2 is 1.90 bits per heavy atom. The number of carbonyl (C=O) groups is 2. The molecule has 3 aromatic rings. The summed E-state index contributed by atoms with van der Waals surface area (Å²) in [6.07, 6.45) is 1.49. The van der Waals surface area contributed by atoms with Crippen molar-refractivity contribution in [2.75, 3.05) is 7.11 Å². The van der Waals surface area contributed by atoms with Crippen molar-refractivity contribution in [1.82, 2.24) is 5.43 Å². The van der Waals surface area contributed by atoms with Crippen LogP contribution in [0, 0.1) is 13.8 Å². The molecule has 0 radical (unpaired) electrons. The first-order chi connectivity index (χ1) is 14.0. The van der Waals surface area contributed by atoms with E-state index >= 15 is 0 Å². The van der Waals surface area contributed by atoms with E-state index in [2.05, 4.69) is 10.5 Å². The van der Waals surface area contributed by atoms with Gasteiger partial charge < -0.3 is 9.47 Å². The van der Waals surface area contributed by atoms with Crippen LogP contribution < -0.4 is 14.9 Å². The molecule has 2 aromatic carbocycles. The molecule has 7 heteroatoms. The van der Waals surface area contributed by atoms with E-state index in [1.165, 1.54) is 24.7 Å². The first-order valence-corrected chi connectivity index (χ1v) is 9.70. The van der Waals surface area contributed by atoms with Crippen molar-refractivity contribution in [3.8, 4) is 11.5 Å². The van der Waals surface area contributed by atoms with E-state index in [4.69, 9.17) is 9.47 Å². The highest BCUT2D eigenvalue weighted by atomic mass is 32.1. The fraction of sp³-hybridized carbons (Fsp3) is 0.136. The molecule has 0 saturated heterocycles. The fourth-order valence-electron chi connectivity index (χ4n) is 2.69. The van der Waals surface area contributed by atoms with Crippen molar-refractivity contribution in [2.45, 2.75) is 13.8 Å². The number of amides is 1. The van der Waals surface area contributed by atoms with Crippen LogP contribution in [0.2, 0.25) is 0 Å².